The smallest absolute Gasteiger partial charge is 0.391 e. The number of nitrogens with zero attached hydrogens (tertiary/aromatic N) is 1. The molecule has 2 N–H and O–H groups in total. The molecule has 0 aliphatic heterocycles. The Labute approximate surface area is 225 Å². The molecule has 0 aromatic heterocycles. The van der Waals surface area contributed by atoms with E-state index in [1.54, 1.807) is 0 Å². The summed E-state index contributed by atoms with van der Waals surface area (Å²) in [6, 6.07) is 22.7. The Kier molecular flexibility index (Phi) is 11.7. The summed E-state index contributed by atoms with van der Waals surface area (Å²) in [5, 5.41) is 8.49. The predicted molar refractivity (Wildman–Crippen MR) is 150 cm³/mol. The van der Waals surface area contributed by atoms with Crippen LogP contribution in [0.2, 0.25) is 5.02 Å². The van der Waals surface area contributed by atoms with Gasteiger partial charge in [-0.1, -0.05) is 71.4 Å². The molecule has 0 aliphatic rings. The second-order valence-corrected chi connectivity index (χ2v) is 10.3. The van der Waals surface area contributed by atoms with E-state index < -0.39 is 8.25 Å². The molecule has 196 valence electrons. The fourth-order valence-corrected chi connectivity index (χ4v) is 4.48. The van der Waals surface area contributed by atoms with E-state index in [-0.39, 0.29) is 12.5 Å². The number of hydrogen-bond acceptors (Lipinski definition) is 5. The first-order chi connectivity index (χ1) is 17.8. The van der Waals surface area contributed by atoms with Gasteiger partial charge < -0.3 is 10.2 Å². The number of rotatable bonds is 14. The van der Waals surface area contributed by atoms with Crippen molar-refractivity contribution in [3.05, 3.63) is 105 Å². The van der Waals surface area contributed by atoms with Crippen LogP contribution in [0.15, 0.2) is 71.9 Å². The zero-order valence-corrected chi connectivity index (χ0v) is 23.3. The van der Waals surface area contributed by atoms with Crippen LogP contribution in [-0.2, 0) is 33.5 Å². The van der Waals surface area contributed by atoms with Crippen molar-refractivity contribution >= 4 is 25.6 Å². The van der Waals surface area contributed by atoms with Crippen LogP contribution < -0.4 is 5.32 Å². The Morgan fingerprint density at radius 2 is 1.76 bits per heavy atom. The third kappa shape index (κ3) is 9.99. The van der Waals surface area contributed by atoms with Gasteiger partial charge in [0.05, 0.1) is 5.71 Å². The molecule has 0 aliphatic carbocycles. The molecule has 8 heteroatoms. The first-order valence-electron chi connectivity index (χ1n) is 12.4. The summed E-state index contributed by atoms with van der Waals surface area (Å²) in [5.41, 5.74) is 8.01. The maximum atomic E-state index is 10.5. The van der Waals surface area contributed by atoms with Gasteiger partial charge in [-0.05, 0) is 85.7 Å². The summed E-state index contributed by atoms with van der Waals surface area (Å²) in [6.07, 6.45) is 1.48. The van der Waals surface area contributed by atoms with Crippen molar-refractivity contribution in [2.75, 3.05) is 13.2 Å². The zero-order valence-electron chi connectivity index (χ0n) is 21.6. The number of benzene rings is 3. The fourth-order valence-electron chi connectivity index (χ4n) is 3.99. The summed E-state index contributed by atoms with van der Waals surface area (Å²) in [6.45, 7) is 8.33. The van der Waals surface area contributed by atoms with E-state index in [1.807, 2.05) is 37.3 Å². The molecule has 0 saturated carbocycles. The van der Waals surface area contributed by atoms with Crippen LogP contribution >= 0.6 is 19.9 Å². The molecule has 6 nitrogen and oxygen atoms in total. The van der Waals surface area contributed by atoms with Gasteiger partial charge in [-0.25, -0.2) is 0 Å². The number of hydrogen-bond donors (Lipinski definition) is 2. The number of nitrogens with one attached hydrogen (secondary N) is 1. The van der Waals surface area contributed by atoms with Crippen LogP contribution in [0.25, 0.3) is 0 Å². The van der Waals surface area contributed by atoms with Crippen LogP contribution in [0.3, 0.4) is 0 Å². The molecule has 3 aromatic carbocycles. The molecular weight excluding hydrogens is 507 g/mol. The van der Waals surface area contributed by atoms with Crippen molar-refractivity contribution in [2.45, 2.75) is 52.7 Å². The molecule has 2 unspecified atom stereocenters. The van der Waals surface area contributed by atoms with Gasteiger partial charge in [-0.15, -0.1) is 9.42 Å². The maximum Gasteiger partial charge on any atom is 0.694 e. The Morgan fingerprint density at radius 1 is 1.03 bits per heavy atom. The fraction of sp³-hybridized carbons (Fsp3) is 0.345. The van der Waals surface area contributed by atoms with Crippen LogP contribution in [0.5, 0.6) is 0 Å². The lowest BCUT2D eigenvalue weighted by atomic mass is 9.88. The van der Waals surface area contributed by atoms with Crippen LogP contribution in [-0.4, -0.2) is 23.8 Å². The highest BCUT2D eigenvalue weighted by molar-refractivity contribution is 7.32. The quantitative estimate of drug-likeness (QED) is 0.0991. The van der Waals surface area contributed by atoms with E-state index in [2.05, 4.69) is 65.2 Å². The Morgan fingerprint density at radius 3 is 2.46 bits per heavy atom. The van der Waals surface area contributed by atoms with E-state index in [0.29, 0.717) is 31.1 Å². The van der Waals surface area contributed by atoms with Crippen molar-refractivity contribution < 1.29 is 18.8 Å². The zero-order chi connectivity index (χ0) is 26.6. The minimum atomic E-state index is -2.51. The summed E-state index contributed by atoms with van der Waals surface area (Å²) in [7, 11) is -2.51. The van der Waals surface area contributed by atoms with Crippen molar-refractivity contribution in [1.82, 2.24) is 5.32 Å². The van der Waals surface area contributed by atoms with Gasteiger partial charge in [0, 0.05) is 22.1 Å². The van der Waals surface area contributed by atoms with Gasteiger partial charge in [0.15, 0.2) is 0 Å². The van der Waals surface area contributed by atoms with Gasteiger partial charge in [-0.3, -0.25) is 0 Å². The van der Waals surface area contributed by atoms with Crippen molar-refractivity contribution in [1.29, 1.82) is 0 Å². The van der Waals surface area contributed by atoms with E-state index in [9.17, 15) is 4.57 Å². The Balaban J connectivity index is 1.57. The topological polar surface area (TPSA) is 80.1 Å². The minimum absolute atomic E-state index is 0.0534. The highest BCUT2D eigenvalue weighted by atomic mass is 35.5. The molecule has 0 saturated heterocycles. The van der Waals surface area contributed by atoms with Crippen LogP contribution in [0, 0.1) is 13.8 Å². The lowest BCUT2D eigenvalue weighted by Gasteiger charge is -2.18. The molecule has 3 aromatic rings. The van der Waals surface area contributed by atoms with Crippen LogP contribution in [0.1, 0.15) is 52.6 Å². The summed E-state index contributed by atoms with van der Waals surface area (Å²) >= 11 is 6.30. The van der Waals surface area contributed by atoms with E-state index in [1.165, 1.54) is 16.7 Å². The predicted octanol–water partition coefficient (Wildman–Crippen LogP) is 7.02. The SMILES string of the molecule is C/C(=N\OCc1ccc(CNCCCO[P+](=O)O)cc1)C(Cc1ccc(C)c(C)c1)c1cccc(Cl)c1. The van der Waals surface area contributed by atoms with Gasteiger partial charge >= 0.3 is 8.25 Å². The number of aryl methyl sites for hydroxylation is 2. The lowest BCUT2D eigenvalue weighted by Crippen LogP contribution is -2.15. The Hall–Kier alpha value is -2.60. The second-order valence-electron chi connectivity index (χ2n) is 9.15. The van der Waals surface area contributed by atoms with Crippen molar-refractivity contribution in [3.63, 3.8) is 0 Å². The monoisotopic (exact) mass is 541 g/mol. The molecule has 0 bridgehead atoms. The summed E-state index contributed by atoms with van der Waals surface area (Å²) < 4.78 is 15.1. The largest absolute Gasteiger partial charge is 0.694 e. The molecule has 0 radical (unpaired) electrons. The molecule has 37 heavy (non-hydrogen) atoms. The summed E-state index contributed by atoms with van der Waals surface area (Å²) in [5.74, 6) is 0.0534. The number of oxime groups is 1. The average molecular weight is 542 g/mol. The number of halogens is 1. The lowest BCUT2D eigenvalue weighted by molar-refractivity contribution is 0.129. The van der Waals surface area contributed by atoms with Crippen LogP contribution in [0.4, 0.5) is 0 Å². The molecule has 0 amide bonds. The highest BCUT2D eigenvalue weighted by Crippen LogP contribution is 2.26. The Bertz CT molecular complexity index is 1200. The molecule has 3 rings (SSSR count). The molecule has 2 atom stereocenters. The molecule has 0 fully saturated rings. The summed E-state index contributed by atoms with van der Waals surface area (Å²) in [4.78, 5) is 14.4. The molecular formula is C29H35ClN2O4P+. The van der Waals surface area contributed by atoms with Crippen molar-refractivity contribution in [2.24, 2.45) is 5.16 Å². The van der Waals surface area contributed by atoms with Crippen molar-refractivity contribution in [3.8, 4) is 0 Å². The van der Waals surface area contributed by atoms with Gasteiger partial charge in [0.1, 0.15) is 13.2 Å². The highest BCUT2D eigenvalue weighted by Gasteiger charge is 2.18. The van der Waals surface area contributed by atoms with E-state index in [4.69, 9.17) is 21.3 Å². The molecule has 0 spiro atoms. The van der Waals surface area contributed by atoms with E-state index >= 15 is 0 Å². The third-order valence-corrected chi connectivity index (χ3v) is 6.90. The van der Waals surface area contributed by atoms with Gasteiger partial charge in [0.2, 0.25) is 0 Å². The first-order valence-corrected chi connectivity index (χ1v) is 13.9. The normalized spacial score (nSPS) is 12.9. The second kappa shape index (κ2) is 15.0. The maximum absolute atomic E-state index is 10.5. The van der Waals surface area contributed by atoms with E-state index in [0.717, 1.165) is 28.8 Å². The first kappa shape index (κ1) is 29.0. The third-order valence-electron chi connectivity index (χ3n) is 6.26. The standard InChI is InChI=1S/C29H34ClN2O4P/c1-21-8-9-26(16-22(21)2)17-29(27-6-4-7-28(30)18-27)23(3)32-35-20-25-12-10-24(11-13-25)19-31-14-5-15-36-37(33)34/h4,6-13,16,18,29,31H,5,14-15,17,19-20H2,1-3H3/p+1/b32-23+. The average Bonchev–Trinajstić information content (AvgIpc) is 2.87. The van der Waals surface area contributed by atoms with Gasteiger partial charge in [-0.2, -0.15) is 0 Å². The molecule has 0 heterocycles. The minimum Gasteiger partial charge on any atom is -0.391 e. The van der Waals surface area contributed by atoms with Gasteiger partial charge in [0.25, 0.3) is 0 Å².